The molecule has 0 saturated carbocycles. The number of nitriles is 3. The zero-order chi connectivity index (χ0) is 19.4. The van der Waals surface area contributed by atoms with Gasteiger partial charge in [-0.1, -0.05) is 18.2 Å². The Morgan fingerprint density at radius 1 is 1.04 bits per heavy atom. The molecule has 0 radical (unpaired) electrons. The van der Waals surface area contributed by atoms with Gasteiger partial charge in [0.1, 0.15) is 23.9 Å². The van der Waals surface area contributed by atoms with Gasteiger partial charge in [0.25, 0.3) is 0 Å². The number of carboxylic acid groups (broad SMARTS) is 1. The molecular weight excluding hydrogens is 342 g/mol. The number of carboxylic acids is 1. The highest BCUT2D eigenvalue weighted by atomic mass is 16.4. The first-order chi connectivity index (χ1) is 13.1. The molecule has 7 heteroatoms. The molecule has 128 valence electrons. The van der Waals surface area contributed by atoms with Gasteiger partial charge in [0.2, 0.25) is 0 Å². The van der Waals surface area contributed by atoms with Crippen LogP contribution in [0.15, 0.2) is 59.9 Å². The van der Waals surface area contributed by atoms with Crippen LogP contribution in [0.4, 0.5) is 5.69 Å². The number of fused-ring (bicyclic) bond motifs is 1. The number of allylic oxidation sites excluding steroid dienone is 2. The van der Waals surface area contributed by atoms with E-state index >= 15 is 0 Å². The smallest absolute Gasteiger partial charge is 0.337 e. The first-order valence-electron chi connectivity index (χ1n) is 7.74. The molecule has 0 amide bonds. The number of hydrogen-bond acceptors (Lipinski definition) is 5. The first kappa shape index (κ1) is 17.3. The van der Waals surface area contributed by atoms with Crippen molar-refractivity contribution in [3.8, 4) is 29.3 Å². The Morgan fingerprint density at radius 3 is 2.48 bits per heavy atom. The van der Waals surface area contributed by atoms with Crippen molar-refractivity contribution in [3.63, 3.8) is 0 Å². The lowest BCUT2D eigenvalue weighted by molar-refractivity contribution is 0.0698. The summed E-state index contributed by atoms with van der Waals surface area (Å²) in [6.45, 7) is 0. The SMILES string of the molecule is N#CC(C#N)=C(C#N)Nc1cc(-c2cccc3[nH]ccc23)ccc1C(=O)O. The molecule has 2 aromatic carbocycles. The van der Waals surface area contributed by atoms with Gasteiger partial charge in [0.05, 0.1) is 11.3 Å². The van der Waals surface area contributed by atoms with Crippen molar-refractivity contribution in [2.45, 2.75) is 0 Å². The Bertz CT molecular complexity index is 1200. The molecule has 0 atom stereocenters. The molecule has 0 saturated heterocycles. The van der Waals surface area contributed by atoms with Gasteiger partial charge in [0, 0.05) is 17.1 Å². The average Bonchev–Trinajstić information content (AvgIpc) is 3.16. The highest BCUT2D eigenvalue weighted by Crippen LogP contribution is 2.32. The Balaban J connectivity index is 2.18. The number of rotatable bonds is 4. The number of nitrogens with one attached hydrogen (secondary N) is 2. The Kier molecular flexibility index (Phi) is 4.57. The summed E-state index contributed by atoms with van der Waals surface area (Å²) in [4.78, 5) is 14.7. The minimum atomic E-state index is -1.20. The summed E-state index contributed by atoms with van der Waals surface area (Å²) in [5.41, 5.74) is 1.83. The van der Waals surface area contributed by atoms with Crippen molar-refractivity contribution in [1.29, 1.82) is 15.8 Å². The quantitative estimate of drug-likeness (QED) is 0.611. The van der Waals surface area contributed by atoms with Crippen molar-refractivity contribution in [2.24, 2.45) is 0 Å². The summed E-state index contributed by atoms with van der Waals surface area (Å²) in [6.07, 6.45) is 1.81. The summed E-state index contributed by atoms with van der Waals surface area (Å²) in [5.74, 6) is -1.20. The fourth-order valence-corrected chi connectivity index (χ4v) is 2.76. The van der Waals surface area contributed by atoms with Crippen LogP contribution < -0.4 is 5.32 Å². The van der Waals surface area contributed by atoms with E-state index in [4.69, 9.17) is 10.5 Å². The van der Waals surface area contributed by atoms with Gasteiger partial charge < -0.3 is 15.4 Å². The summed E-state index contributed by atoms with van der Waals surface area (Å²) < 4.78 is 0. The Morgan fingerprint density at radius 2 is 1.81 bits per heavy atom. The first-order valence-corrected chi connectivity index (χ1v) is 7.74. The van der Waals surface area contributed by atoms with Crippen LogP contribution in [0, 0.1) is 34.0 Å². The fraction of sp³-hybridized carbons (Fsp3) is 0. The van der Waals surface area contributed by atoms with Gasteiger partial charge in [-0.15, -0.1) is 0 Å². The number of hydrogen-bond donors (Lipinski definition) is 3. The molecule has 0 spiro atoms. The van der Waals surface area contributed by atoms with Crippen LogP contribution in [0.5, 0.6) is 0 Å². The van der Waals surface area contributed by atoms with Crippen LogP contribution in [0.3, 0.4) is 0 Å². The largest absolute Gasteiger partial charge is 0.478 e. The van der Waals surface area contributed by atoms with E-state index in [1.165, 1.54) is 6.07 Å². The molecule has 27 heavy (non-hydrogen) atoms. The predicted molar refractivity (Wildman–Crippen MR) is 98.2 cm³/mol. The molecule has 0 aliphatic rings. The topological polar surface area (TPSA) is 136 Å². The molecule has 3 aromatic rings. The van der Waals surface area contributed by atoms with E-state index < -0.39 is 11.5 Å². The fourth-order valence-electron chi connectivity index (χ4n) is 2.76. The van der Waals surface area contributed by atoms with Crippen LogP contribution >= 0.6 is 0 Å². The number of anilines is 1. The van der Waals surface area contributed by atoms with Crippen LogP contribution in [0.1, 0.15) is 10.4 Å². The minimum absolute atomic E-state index is 0.0806. The van der Waals surface area contributed by atoms with Crippen LogP contribution in [-0.2, 0) is 0 Å². The third-order valence-electron chi connectivity index (χ3n) is 4.00. The maximum atomic E-state index is 11.5. The second-order valence-corrected chi connectivity index (χ2v) is 5.52. The van der Waals surface area contributed by atoms with Crippen LogP contribution in [-0.4, -0.2) is 16.1 Å². The molecule has 1 heterocycles. The third kappa shape index (κ3) is 3.19. The van der Waals surface area contributed by atoms with Gasteiger partial charge >= 0.3 is 5.97 Å². The second-order valence-electron chi connectivity index (χ2n) is 5.52. The van der Waals surface area contributed by atoms with E-state index in [0.29, 0.717) is 0 Å². The zero-order valence-corrected chi connectivity index (χ0v) is 13.8. The Labute approximate surface area is 154 Å². The van der Waals surface area contributed by atoms with E-state index in [0.717, 1.165) is 22.0 Å². The monoisotopic (exact) mass is 353 g/mol. The van der Waals surface area contributed by atoms with Crippen molar-refractivity contribution in [3.05, 3.63) is 65.5 Å². The van der Waals surface area contributed by atoms with Crippen molar-refractivity contribution >= 4 is 22.6 Å². The summed E-state index contributed by atoms with van der Waals surface area (Å²) in [7, 11) is 0. The summed E-state index contributed by atoms with van der Waals surface area (Å²) >= 11 is 0. The number of benzene rings is 2. The number of carbonyl (C=O) groups is 1. The van der Waals surface area contributed by atoms with Gasteiger partial charge in [-0.25, -0.2) is 4.79 Å². The predicted octanol–water partition coefficient (Wildman–Crippen LogP) is 3.77. The van der Waals surface area contributed by atoms with E-state index in [-0.39, 0.29) is 16.9 Å². The second kappa shape index (κ2) is 7.14. The molecule has 0 fully saturated rings. The van der Waals surface area contributed by atoms with Gasteiger partial charge in [-0.2, -0.15) is 15.8 Å². The number of nitrogens with zero attached hydrogens (tertiary/aromatic N) is 3. The van der Waals surface area contributed by atoms with E-state index in [9.17, 15) is 15.2 Å². The molecule has 0 aliphatic carbocycles. The van der Waals surface area contributed by atoms with E-state index in [1.807, 2.05) is 30.5 Å². The molecule has 0 aliphatic heterocycles. The standard InChI is InChI=1S/C20H11N5O2/c21-9-13(10-22)19(11-23)25-18-8-12(4-5-16(18)20(26)27)14-2-1-3-17-15(14)6-7-24-17/h1-8,24-25H,(H,26,27). The van der Waals surface area contributed by atoms with Gasteiger partial charge in [-0.3, -0.25) is 0 Å². The maximum absolute atomic E-state index is 11.5. The normalized spacial score (nSPS) is 9.67. The molecule has 7 nitrogen and oxygen atoms in total. The van der Waals surface area contributed by atoms with E-state index in [1.54, 1.807) is 30.3 Å². The van der Waals surface area contributed by atoms with E-state index in [2.05, 4.69) is 10.3 Å². The maximum Gasteiger partial charge on any atom is 0.337 e. The van der Waals surface area contributed by atoms with Gasteiger partial charge in [0.15, 0.2) is 5.57 Å². The number of aromatic amines is 1. The minimum Gasteiger partial charge on any atom is -0.478 e. The van der Waals surface area contributed by atoms with Crippen molar-refractivity contribution in [1.82, 2.24) is 4.98 Å². The lowest BCUT2D eigenvalue weighted by Crippen LogP contribution is -2.07. The highest BCUT2D eigenvalue weighted by molar-refractivity contribution is 5.99. The summed E-state index contributed by atoms with van der Waals surface area (Å²) in [5, 5.41) is 40.2. The number of aromatic nitrogens is 1. The lowest BCUT2D eigenvalue weighted by atomic mass is 9.99. The number of aromatic carboxylic acids is 1. The molecule has 3 rings (SSSR count). The third-order valence-corrected chi connectivity index (χ3v) is 4.00. The molecule has 1 aromatic heterocycles. The Hall–Kier alpha value is -4.54. The molecule has 0 bridgehead atoms. The lowest BCUT2D eigenvalue weighted by Gasteiger charge is -2.12. The average molecular weight is 353 g/mol. The summed E-state index contributed by atoms with van der Waals surface area (Å²) in [6, 6.07) is 17.2. The van der Waals surface area contributed by atoms with Crippen molar-refractivity contribution in [2.75, 3.05) is 5.32 Å². The zero-order valence-electron chi connectivity index (χ0n) is 13.8. The molecule has 0 unspecified atom stereocenters. The van der Waals surface area contributed by atoms with Crippen LogP contribution in [0.2, 0.25) is 0 Å². The van der Waals surface area contributed by atoms with Gasteiger partial charge in [-0.05, 0) is 35.4 Å². The van der Waals surface area contributed by atoms with Crippen molar-refractivity contribution < 1.29 is 9.90 Å². The highest BCUT2D eigenvalue weighted by Gasteiger charge is 2.15. The molecule has 3 N–H and O–H groups in total. The molecular formula is C20H11N5O2. The number of H-pyrrole nitrogens is 1. The van der Waals surface area contributed by atoms with Crippen LogP contribution in [0.25, 0.3) is 22.0 Å².